The molecule has 0 aliphatic carbocycles. The van der Waals surface area contributed by atoms with Crippen LogP contribution in [0.1, 0.15) is 35.7 Å². The van der Waals surface area contributed by atoms with Gasteiger partial charge in [0, 0.05) is 31.0 Å². The number of hydrogen-bond acceptors (Lipinski definition) is 6. The van der Waals surface area contributed by atoms with Gasteiger partial charge in [0.15, 0.2) is 11.4 Å². The number of para-hydroxylation sites is 2. The Labute approximate surface area is 197 Å². The number of rotatable bonds is 5. The van der Waals surface area contributed by atoms with Crippen molar-refractivity contribution in [2.75, 3.05) is 18.4 Å². The van der Waals surface area contributed by atoms with E-state index in [1.807, 2.05) is 29.2 Å². The second-order valence-electron chi connectivity index (χ2n) is 8.77. The third-order valence-corrected chi connectivity index (χ3v) is 6.47. The maximum atomic E-state index is 14.6. The maximum absolute atomic E-state index is 14.6. The summed E-state index contributed by atoms with van der Waals surface area (Å²) in [4.78, 5) is 28.7. The molecule has 0 saturated carbocycles. The summed E-state index contributed by atoms with van der Waals surface area (Å²) in [6, 6.07) is 12.6. The van der Waals surface area contributed by atoms with Crippen LogP contribution in [0.4, 0.5) is 10.4 Å². The molecule has 7 nitrogen and oxygen atoms in total. The van der Waals surface area contributed by atoms with Gasteiger partial charge in [-0.05, 0) is 61.6 Å². The van der Waals surface area contributed by atoms with Crippen molar-refractivity contribution in [3.05, 3.63) is 71.8 Å². The number of nitrogens with one attached hydrogen (secondary N) is 1. The van der Waals surface area contributed by atoms with Crippen molar-refractivity contribution < 1.29 is 13.6 Å². The van der Waals surface area contributed by atoms with Gasteiger partial charge in [0.2, 0.25) is 0 Å². The summed E-state index contributed by atoms with van der Waals surface area (Å²) in [5, 5.41) is 3.27. The molecule has 2 unspecified atom stereocenters. The van der Waals surface area contributed by atoms with Crippen molar-refractivity contribution >= 4 is 23.0 Å². The summed E-state index contributed by atoms with van der Waals surface area (Å²) in [6.45, 7) is 4.87. The fraction of sp³-hybridized carbons (Fsp3) is 0.308. The van der Waals surface area contributed by atoms with E-state index in [-0.39, 0.29) is 23.4 Å². The molecule has 5 rings (SSSR count). The summed E-state index contributed by atoms with van der Waals surface area (Å²) in [6.07, 6.45) is 5.12. The van der Waals surface area contributed by atoms with Crippen LogP contribution >= 0.6 is 0 Å². The van der Waals surface area contributed by atoms with E-state index in [1.54, 1.807) is 31.5 Å². The lowest BCUT2D eigenvalue weighted by atomic mass is 9.89. The van der Waals surface area contributed by atoms with E-state index in [1.165, 1.54) is 6.07 Å². The number of fused-ring (bicyclic) bond motifs is 1. The van der Waals surface area contributed by atoms with Crippen LogP contribution in [0.25, 0.3) is 22.5 Å². The predicted molar refractivity (Wildman–Crippen MR) is 128 cm³/mol. The number of piperidine rings is 1. The number of oxazole rings is 1. The highest BCUT2D eigenvalue weighted by atomic mass is 19.1. The molecule has 2 atom stereocenters. The number of amides is 1. The van der Waals surface area contributed by atoms with Crippen LogP contribution < -0.4 is 5.32 Å². The fourth-order valence-electron chi connectivity index (χ4n) is 4.59. The van der Waals surface area contributed by atoms with E-state index >= 15 is 0 Å². The second kappa shape index (κ2) is 9.21. The number of likely N-dealkylation sites (tertiary alicyclic amines) is 1. The smallest absolute Gasteiger partial charge is 0.295 e. The third kappa shape index (κ3) is 4.23. The zero-order chi connectivity index (χ0) is 23.7. The van der Waals surface area contributed by atoms with E-state index in [0.717, 1.165) is 18.4 Å². The molecular formula is C26H26FN5O2. The Morgan fingerprint density at radius 1 is 1.21 bits per heavy atom. The van der Waals surface area contributed by atoms with Gasteiger partial charge >= 0.3 is 0 Å². The standard InChI is InChI=1S/C26H26FN5O2/c1-16-7-5-12-32(22(16)15-30-26-31-21-8-3-4-9-23(21)34-26)25(33)19-14-20(27)17(2)13-18(19)24-28-10-6-11-29-24/h3-4,6,8-11,13-14,16,22H,5,7,12,15H2,1-2H3,(H,30,31). The molecule has 1 amide bonds. The van der Waals surface area contributed by atoms with Gasteiger partial charge in [-0.1, -0.05) is 19.1 Å². The molecular weight excluding hydrogens is 433 g/mol. The number of benzene rings is 2. The average Bonchev–Trinajstić information content (AvgIpc) is 3.27. The van der Waals surface area contributed by atoms with Crippen molar-refractivity contribution in [3.63, 3.8) is 0 Å². The monoisotopic (exact) mass is 459 g/mol. The Morgan fingerprint density at radius 2 is 2.00 bits per heavy atom. The number of hydrogen-bond donors (Lipinski definition) is 1. The highest BCUT2D eigenvalue weighted by Crippen LogP contribution is 2.30. The molecule has 1 N–H and O–H groups in total. The van der Waals surface area contributed by atoms with Crippen LogP contribution in [0.5, 0.6) is 0 Å². The molecule has 1 saturated heterocycles. The van der Waals surface area contributed by atoms with Gasteiger partial charge in [-0.15, -0.1) is 0 Å². The third-order valence-electron chi connectivity index (χ3n) is 6.47. The number of aryl methyl sites for hydroxylation is 1. The summed E-state index contributed by atoms with van der Waals surface area (Å²) >= 11 is 0. The molecule has 2 aromatic carbocycles. The predicted octanol–water partition coefficient (Wildman–Crippen LogP) is 5.09. The lowest BCUT2D eigenvalue weighted by Gasteiger charge is -2.40. The number of carbonyl (C=O) groups is 1. The van der Waals surface area contributed by atoms with Crippen molar-refractivity contribution in [1.29, 1.82) is 0 Å². The number of halogens is 1. The lowest BCUT2D eigenvalue weighted by molar-refractivity contribution is 0.0539. The Bertz CT molecular complexity index is 1290. The van der Waals surface area contributed by atoms with E-state index < -0.39 is 5.82 Å². The van der Waals surface area contributed by atoms with Crippen LogP contribution in [0.15, 0.2) is 59.3 Å². The van der Waals surface area contributed by atoms with Crippen molar-refractivity contribution in [3.8, 4) is 11.4 Å². The van der Waals surface area contributed by atoms with Gasteiger partial charge in [-0.25, -0.2) is 14.4 Å². The van der Waals surface area contributed by atoms with Gasteiger partial charge < -0.3 is 14.6 Å². The van der Waals surface area contributed by atoms with Gasteiger partial charge in [0.05, 0.1) is 11.6 Å². The van der Waals surface area contributed by atoms with Crippen molar-refractivity contribution in [2.24, 2.45) is 5.92 Å². The molecule has 1 aliphatic heterocycles. The molecule has 174 valence electrons. The first-order valence-electron chi connectivity index (χ1n) is 11.5. The molecule has 1 aliphatic rings. The minimum absolute atomic E-state index is 0.106. The van der Waals surface area contributed by atoms with Gasteiger partial charge in [-0.2, -0.15) is 4.98 Å². The van der Waals surface area contributed by atoms with E-state index in [9.17, 15) is 9.18 Å². The lowest BCUT2D eigenvalue weighted by Crippen LogP contribution is -2.51. The number of aromatic nitrogens is 3. The van der Waals surface area contributed by atoms with Crippen LogP contribution in [-0.4, -0.2) is 44.9 Å². The summed E-state index contributed by atoms with van der Waals surface area (Å²) in [7, 11) is 0. The van der Waals surface area contributed by atoms with Gasteiger partial charge in [0.1, 0.15) is 11.3 Å². The second-order valence-corrected chi connectivity index (χ2v) is 8.77. The average molecular weight is 460 g/mol. The zero-order valence-electron chi connectivity index (χ0n) is 19.2. The van der Waals surface area contributed by atoms with E-state index in [2.05, 4.69) is 27.2 Å². The molecule has 4 aromatic rings. The SMILES string of the molecule is Cc1cc(-c2ncccn2)c(C(=O)N2CCCC(C)C2CNc2nc3ccccc3o2)cc1F. The number of anilines is 1. The normalized spacial score (nSPS) is 18.3. The molecule has 0 spiro atoms. The summed E-state index contributed by atoms with van der Waals surface area (Å²) in [5.74, 6) is 0.00738. The number of carbonyl (C=O) groups excluding carboxylic acids is 1. The quantitative estimate of drug-likeness (QED) is 0.448. The Balaban J connectivity index is 1.44. The van der Waals surface area contributed by atoms with Crippen LogP contribution in [0, 0.1) is 18.7 Å². The molecule has 0 radical (unpaired) electrons. The Morgan fingerprint density at radius 3 is 2.79 bits per heavy atom. The van der Waals surface area contributed by atoms with Crippen molar-refractivity contribution in [2.45, 2.75) is 32.7 Å². The minimum atomic E-state index is -0.422. The Hall–Kier alpha value is -3.81. The minimum Gasteiger partial charge on any atom is -0.424 e. The first-order chi connectivity index (χ1) is 16.5. The number of nitrogens with zero attached hydrogens (tertiary/aromatic N) is 4. The topological polar surface area (TPSA) is 84.2 Å². The van der Waals surface area contributed by atoms with Gasteiger partial charge in [0.25, 0.3) is 11.9 Å². The molecule has 34 heavy (non-hydrogen) atoms. The summed E-state index contributed by atoms with van der Waals surface area (Å²) < 4.78 is 20.4. The highest BCUT2D eigenvalue weighted by molar-refractivity contribution is 6.00. The van der Waals surface area contributed by atoms with Crippen LogP contribution in [0.3, 0.4) is 0 Å². The summed E-state index contributed by atoms with van der Waals surface area (Å²) in [5.41, 5.74) is 2.73. The molecule has 3 heterocycles. The first kappa shape index (κ1) is 22.0. The Kier molecular flexibility index (Phi) is 5.96. The molecule has 2 aromatic heterocycles. The molecule has 0 bridgehead atoms. The maximum Gasteiger partial charge on any atom is 0.295 e. The van der Waals surface area contributed by atoms with Crippen molar-refractivity contribution in [1.82, 2.24) is 19.9 Å². The van der Waals surface area contributed by atoms with Crippen LogP contribution in [-0.2, 0) is 0 Å². The van der Waals surface area contributed by atoms with E-state index in [4.69, 9.17) is 4.42 Å². The molecule has 8 heteroatoms. The van der Waals surface area contributed by atoms with Gasteiger partial charge in [-0.3, -0.25) is 4.79 Å². The van der Waals surface area contributed by atoms with Crippen LogP contribution in [0.2, 0.25) is 0 Å². The largest absolute Gasteiger partial charge is 0.424 e. The fourth-order valence-corrected chi connectivity index (χ4v) is 4.59. The zero-order valence-corrected chi connectivity index (χ0v) is 19.2. The van der Waals surface area contributed by atoms with E-state index in [0.29, 0.717) is 41.6 Å². The first-order valence-corrected chi connectivity index (χ1v) is 11.5. The molecule has 1 fully saturated rings. The highest BCUT2D eigenvalue weighted by Gasteiger charge is 2.34.